The number of aliphatic carboxylic acids is 1. The van der Waals surface area contributed by atoms with Gasteiger partial charge in [-0.3, -0.25) is 14.8 Å². The van der Waals surface area contributed by atoms with Crippen LogP contribution >= 0.6 is 11.6 Å². The number of pyridine rings is 1. The highest BCUT2D eigenvalue weighted by Gasteiger charge is 2.40. The van der Waals surface area contributed by atoms with Gasteiger partial charge in [-0.05, 0) is 72.7 Å². The number of amides is 1. The summed E-state index contributed by atoms with van der Waals surface area (Å²) in [6.45, 7) is 5.20. The number of carboxylic acid groups (broad SMARTS) is 1. The first kappa shape index (κ1) is 42.5. The van der Waals surface area contributed by atoms with Crippen LogP contribution in [0.15, 0.2) is 72.0 Å². The predicted octanol–water partition coefficient (Wildman–Crippen LogP) is 6.59. The number of ether oxygens (including phenoxy) is 3. The minimum absolute atomic E-state index is 0.0312. The van der Waals surface area contributed by atoms with Crippen molar-refractivity contribution in [3.8, 4) is 34.4 Å². The molecule has 4 aromatic rings. The molecule has 5 rings (SSSR count). The van der Waals surface area contributed by atoms with E-state index in [4.69, 9.17) is 25.8 Å². The lowest BCUT2D eigenvalue weighted by Gasteiger charge is -2.19. The normalized spacial score (nSPS) is 14.6. The van der Waals surface area contributed by atoms with Crippen LogP contribution in [-0.2, 0) is 29.3 Å². The van der Waals surface area contributed by atoms with E-state index in [0.29, 0.717) is 73.0 Å². The Labute approximate surface area is 332 Å². The molecule has 2 heterocycles. The number of rotatable bonds is 17. The second kappa shape index (κ2) is 19.4. The number of alkyl halides is 3. The molecule has 1 amide bonds. The molecule has 0 bridgehead atoms. The van der Waals surface area contributed by atoms with Gasteiger partial charge in [0.15, 0.2) is 0 Å². The minimum atomic E-state index is -4.89. The van der Waals surface area contributed by atoms with Crippen LogP contribution in [0, 0.1) is 25.2 Å². The fourth-order valence-corrected chi connectivity index (χ4v) is 6.58. The first-order valence-corrected chi connectivity index (χ1v) is 18.4. The van der Waals surface area contributed by atoms with E-state index in [1.165, 1.54) is 6.20 Å². The van der Waals surface area contributed by atoms with Crippen LogP contribution in [0.3, 0.4) is 0 Å². The third-order valence-electron chi connectivity index (χ3n) is 9.41. The Kier molecular flexibility index (Phi) is 14.5. The number of nitrogens with one attached hydrogen (secondary N) is 1. The second-order valence-electron chi connectivity index (χ2n) is 13.4. The monoisotopic (exact) mass is 807 g/mol. The highest BCUT2D eigenvalue weighted by Crippen LogP contribution is 2.36. The van der Waals surface area contributed by atoms with Gasteiger partial charge in [0.25, 0.3) is 0 Å². The van der Waals surface area contributed by atoms with Gasteiger partial charge in [0.05, 0.1) is 30.3 Å². The lowest BCUT2D eigenvalue weighted by molar-refractivity contribution is -0.174. The summed E-state index contributed by atoms with van der Waals surface area (Å²) in [5.74, 6) is -1.95. The van der Waals surface area contributed by atoms with E-state index in [0.717, 1.165) is 27.8 Å². The van der Waals surface area contributed by atoms with Crippen LogP contribution in [0.1, 0.15) is 46.2 Å². The molecular weight excluding hydrogens is 767 g/mol. The van der Waals surface area contributed by atoms with Gasteiger partial charge in [-0.25, -0.2) is 4.79 Å². The summed E-state index contributed by atoms with van der Waals surface area (Å²) in [6, 6.07) is 18.0. The molecule has 1 aromatic heterocycles. The molecular formula is C41H41ClF3N5O7. The van der Waals surface area contributed by atoms with Gasteiger partial charge < -0.3 is 34.6 Å². The Bertz CT molecular complexity index is 2160. The average molecular weight is 808 g/mol. The van der Waals surface area contributed by atoms with Crippen molar-refractivity contribution >= 4 is 29.2 Å². The lowest BCUT2D eigenvalue weighted by atomic mass is 9.93. The smallest absolute Gasteiger partial charge is 0.471 e. The predicted molar refractivity (Wildman–Crippen MR) is 205 cm³/mol. The summed E-state index contributed by atoms with van der Waals surface area (Å²) in [6.07, 6.45) is -0.799. The highest BCUT2D eigenvalue weighted by molar-refractivity contribution is 6.36. The summed E-state index contributed by atoms with van der Waals surface area (Å²) < 4.78 is 56.3. The molecule has 57 heavy (non-hydrogen) atoms. The molecule has 16 heteroatoms. The number of benzene rings is 3. The Balaban J connectivity index is 1.25. The number of nitriles is 1. The standard InChI is InChI=1S/C41H41ClF3N5O7/c1-25-29(24-57-38-16-37(56-23-28-14-27(17-46)18-47-19-28)30(15-34(38)42)20-48-35(22-51)39(52)53)6-3-7-32(25)33-8-4-9-36(26(33)2)55-13-5-11-50-12-10-31(21-50)49-40(54)41(43,44)45/h3-4,6-9,14-16,18-19,31,51H,5,10-13,20-24H2,1-2H3,(H,49,54)(H,52,53). The van der Waals surface area contributed by atoms with Crippen molar-refractivity contribution in [1.82, 2.24) is 15.2 Å². The van der Waals surface area contributed by atoms with Crippen LogP contribution in [0.25, 0.3) is 11.1 Å². The maximum Gasteiger partial charge on any atom is 0.471 e. The zero-order valence-corrected chi connectivity index (χ0v) is 32.0. The molecule has 300 valence electrons. The number of aliphatic hydroxyl groups is 1. The van der Waals surface area contributed by atoms with Crippen molar-refractivity contribution in [3.05, 3.63) is 105 Å². The average Bonchev–Trinajstić information content (AvgIpc) is 3.63. The topological polar surface area (TPSA) is 167 Å². The second-order valence-corrected chi connectivity index (χ2v) is 13.8. The first-order chi connectivity index (χ1) is 27.3. The molecule has 1 atom stereocenters. The van der Waals surface area contributed by atoms with Crippen molar-refractivity contribution in [3.63, 3.8) is 0 Å². The molecule has 0 spiro atoms. The van der Waals surface area contributed by atoms with Gasteiger partial charge in [0, 0.05) is 55.3 Å². The van der Waals surface area contributed by atoms with Crippen molar-refractivity contribution < 1.29 is 47.2 Å². The van der Waals surface area contributed by atoms with Gasteiger partial charge in [-0.2, -0.15) is 18.4 Å². The first-order valence-electron chi connectivity index (χ1n) is 18.0. The minimum Gasteiger partial charge on any atom is -0.493 e. The summed E-state index contributed by atoms with van der Waals surface area (Å²) in [4.78, 5) is 32.8. The number of aliphatic hydroxyl groups excluding tert-OH is 1. The lowest BCUT2D eigenvalue weighted by Crippen LogP contribution is -2.44. The van der Waals surface area contributed by atoms with Gasteiger partial charge in [0.2, 0.25) is 0 Å². The number of halogens is 4. The SMILES string of the molecule is Cc1c(COc2cc(OCc3cncc(C#N)c3)c(CN=C(CO)C(=O)O)cc2Cl)cccc1-c1cccc(OCCCN2CCC(NC(=O)C(F)(F)F)C2)c1C. The van der Waals surface area contributed by atoms with Crippen LogP contribution < -0.4 is 19.5 Å². The quantitative estimate of drug-likeness (QED) is 0.0783. The van der Waals surface area contributed by atoms with Crippen molar-refractivity contribution in [2.75, 3.05) is 32.8 Å². The van der Waals surface area contributed by atoms with Gasteiger partial charge >= 0.3 is 18.1 Å². The third kappa shape index (κ3) is 11.4. The number of carbonyl (C=O) groups excluding carboxylic acids is 1. The Morgan fingerprint density at radius 1 is 1.00 bits per heavy atom. The number of likely N-dealkylation sites (tertiary alicyclic amines) is 1. The van der Waals surface area contributed by atoms with Gasteiger partial charge in [-0.15, -0.1) is 0 Å². The van der Waals surface area contributed by atoms with E-state index in [2.05, 4.69) is 15.3 Å². The molecule has 1 aliphatic heterocycles. The molecule has 12 nitrogen and oxygen atoms in total. The number of aromatic nitrogens is 1. The number of aliphatic imine (C=N–C) groups is 1. The molecule has 1 fully saturated rings. The summed E-state index contributed by atoms with van der Waals surface area (Å²) in [5, 5.41) is 30.3. The number of nitrogens with zero attached hydrogens (tertiary/aromatic N) is 4. The number of hydrogen-bond acceptors (Lipinski definition) is 10. The van der Waals surface area contributed by atoms with E-state index in [9.17, 15) is 38.2 Å². The molecule has 1 aliphatic rings. The Hall–Kier alpha value is -5.69. The maximum atomic E-state index is 12.6. The third-order valence-corrected chi connectivity index (χ3v) is 9.71. The highest BCUT2D eigenvalue weighted by atomic mass is 35.5. The van der Waals surface area contributed by atoms with E-state index in [-0.39, 0.29) is 24.8 Å². The van der Waals surface area contributed by atoms with Crippen molar-refractivity contribution in [2.45, 2.75) is 58.7 Å². The van der Waals surface area contributed by atoms with Crippen LogP contribution in [0.5, 0.6) is 17.2 Å². The fraction of sp³-hybridized carbons (Fsp3) is 0.341. The van der Waals surface area contributed by atoms with E-state index >= 15 is 0 Å². The van der Waals surface area contributed by atoms with Crippen LogP contribution in [0.4, 0.5) is 13.2 Å². The van der Waals surface area contributed by atoms with Gasteiger partial charge in [-0.1, -0.05) is 41.9 Å². The molecule has 0 aliphatic carbocycles. The number of carbonyl (C=O) groups is 2. The van der Waals surface area contributed by atoms with Crippen molar-refractivity contribution in [2.24, 2.45) is 4.99 Å². The zero-order chi connectivity index (χ0) is 41.1. The van der Waals surface area contributed by atoms with E-state index in [1.807, 2.05) is 61.2 Å². The Morgan fingerprint density at radius 2 is 1.74 bits per heavy atom. The maximum absolute atomic E-state index is 12.6. The number of hydrogen-bond donors (Lipinski definition) is 3. The number of carboxylic acids is 1. The van der Waals surface area contributed by atoms with Crippen LogP contribution in [-0.4, -0.2) is 82.8 Å². The molecule has 3 aromatic carbocycles. The summed E-state index contributed by atoms with van der Waals surface area (Å²) in [5.41, 5.74) is 5.71. The largest absolute Gasteiger partial charge is 0.493 e. The van der Waals surface area contributed by atoms with E-state index in [1.54, 1.807) is 24.4 Å². The van der Waals surface area contributed by atoms with E-state index < -0.39 is 36.4 Å². The molecule has 1 unspecified atom stereocenters. The summed E-state index contributed by atoms with van der Waals surface area (Å²) >= 11 is 6.66. The van der Waals surface area contributed by atoms with Gasteiger partial charge in [0.1, 0.15) is 42.2 Å². The molecule has 1 saturated heterocycles. The van der Waals surface area contributed by atoms with Crippen molar-refractivity contribution in [1.29, 1.82) is 5.26 Å². The molecule has 0 saturated carbocycles. The van der Waals surface area contributed by atoms with Crippen LogP contribution in [0.2, 0.25) is 5.02 Å². The Morgan fingerprint density at radius 3 is 2.46 bits per heavy atom. The fourth-order valence-electron chi connectivity index (χ4n) is 6.34. The molecule has 0 radical (unpaired) electrons. The summed E-state index contributed by atoms with van der Waals surface area (Å²) in [7, 11) is 0. The zero-order valence-electron chi connectivity index (χ0n) is 31.2. The molecule has 3 N–H and O–H groups in total.